The molecular weight excluding hydrogens is 294 g/mol. The summed E-state index contributed by atoms with van der Waals surface area (Å²) in [4.78, 5) is 8.98. The first-order chi connectivity index (χ1) is 10.6. The summed E-state index contributed by atoms with van der Waals surface area (Å²) < 4.78 is 2.90. The van der Waals surface area contributed by atoms with Gasteiger partial charge in [0.2, 0.25) is 11.9 Å². The number of nitrogens with zero attached hydrogens (tertiary/aromatic N) is 2. The van der Waals surface area contributed by atoms with Crippen LogP contribution >= 0.6 is 11.9 Å². The Kier molecular flexibility index (Phi) is 10.9. The van der Waals surface area contributed by atoms with Crippen molar-refractivity contribution in [2.24, 2.45) is 21.5 Å². The molecule has 0 aromatic carbocycles. The number of hydrogen-bond donors (Lipinski definition) is 3. The van der Waals surface area contributed by atoms with Crippen molar-refractivity contribution in [2.75, 3.05) is 0 Å². The first-order valence-corrected chi connectivity index (χ1v) is 7.41. The van der Waals surface area contributed by atoms with E-state index in [0.29, 0.717) is 5.70 Å². The van der Waals surface area contributed by atoms with E-state index >= 15 is 0 Å². The van der Waals surface area contributed by atoms with Gasteiger partial charge in [-0.2, -0.15) is 4.99 Å². The Bertz CT molecular complexity index is 551. The predicted octanol–water partition coefficient (Wildman–Crippen LogP) is 3.15. The number of hydrogen-bond acceptors (Lipinski definition) is 2. The highest BCUT2D eigenvalue weighted by Crippen LogP contribution is 2.13. The molecule has 0 rings (SSSR count). The fraction of sp³-hybridized carbons (Fsp3) is 0.125. The molecule has 0 spiro atoms. The zero-order valence-corrected chi connectivity index (χ0v) is 13.8. The van der Waals surface area contributed by atoms with E-state index < -0.39 is 0 Å². The molecule has 5 N–H and O–H groups in total. The van der Waals surface area contributed by atoms with Crippen molar-refractivity contribution in [2.45, 2.75) is 13.8 Å². The van der Waals surface area contributed by atoms with Crippen molar-refractivity contribution < 1.29 is 0 Å². The largest absolute Gasteiger partial charge is 0.369 e. The van der Waals surface area contributed by atoms with Gasteiger partial charge in [-0.3, -0.25) is 4.72 Å². The molecule has 118 valence electrons. The van der Waals surface area contributed by atoms with Crippen LogP contribution in [0.15, 0.2) is 82.4 Å². The summed E-state index contributed by atoms with van der Waals surface area (Å²) >= 11 is 1.33. The summed E-state index contributed by atoms with van der Waals surface area (Å²) in [5.41, 5.74) is 12.0. The summed E-state index contributed by atoms with van der Waals surface area (Å²) in [5, 5.41) is 0. The smallest absolute Gasteiger partial charge is 0.223 e. The number of nitrogens with one attached hydrogen (secondary N) is 1. The van der Waals surface area contributed by atoms with E-state index in [-0.39, 0.29) is 11.9 Å². The maximum absolute atomic E-state index is 5.76. The number of nitrogens with two attached hydrogens (primary N) is 2. The third kappa shape index (κ3) is 9.44. The van der Waals surface area contributed by atoms with Crippen molar-refractivity contribution in [1.82, 2.24) is 4.72 Å². The lowest BCUT2D eigenvalue weighted by molar-refractivity contribution is 1.31. The quantitative estimate of drug-likeness (QED) is 0.291. The van der Waals surface area contributed by atoms with E-state index in [2.05, 4.69) is 27.9 Å². The van der Waals surface area contributed by atoms with Crippen molar-refractivity contribution in [3.05, 3.63) is 72.4 Å². The molecule has 0 bridgehead atoms. The Morgan fingerprint density at radius 2 is 1.82 bits per heavy atom. The third-order valence-electron chi connectivity index (χ3n) is 2.03. The monoisotopic (exact) mass is 317 g/mol. The van der Waals surface area contributed by atoms with Gasteiger partial charge in [-0.15, -0.1) is 0 Å². The Morgan fingerprint density at radius 1 is 1.09 bits per heavy atom. The van der Waals surface area contributed by atoms with E-state index in [1.165, 1.54) is 11.9 Å². The minimum absolute atomic E-state index is 0.0311. The van der Waals surface area contributed by atoms with Crippen LogP contribution in [-0.4, -0.2) is 11.9 Å². The van der Waals surface area contributed by atoms with Gasteiger partial charge in [-0.1, -0.05) is 43.5 Å². The second-order valence-corrected chi connectivity index (χ2v) is 4.68. The average molecular weight is 317 g/mol. The Hall–Kier alpha value is -2.47. The maximum Gasteiger partial charge on any atom is 0.223 e. The van der Waals surface area contributed by atoms with Gasteiger partial charge >= 0.3 is 0 Å². The van der Waals surface area contributed by atoms with Crippen molar-refractivity contribution >= 4 is 23.9 Å². The average Bonchev–Trinajstić information content (AvgIpc) is 2.49. The van der Waals surface area contributed by atoms with E-state index in [4.69, 9.17) is 11.5 Å². The first-order valence-electron chi connectivity index (χ1n) is 6.59. The maximum atomic E-state index is 5.76. The SMILES string of the molecule is C=C/C=C(C=C)/N=C(N)\N=C(\N)NSC(/C=C\C)=C/C=C\C. The van der Waals surface area contributed by atoms with Gasteiger partial charge in [0.25, 0.3) is 0 Å². The highest BCUT2D eigenvalue weighted by atomic mass is 32.2. The van der Waals surface area contributed by atoms with Gasteiger partial charge in [0.1, 0.15) is 0 Å². The predicted molar refractivity (Wildman–Crippen MR) is 100 cm³/mol. The second-order valence-electron chi connectivity index (χ2n) is 3.80. The number of aliphatic imine (C=N–C) groups is 2. The normalized spacial score (nSPS) is 14.6. The van der Waals surface area contributed by atoms with E-state index in [1.807, 2.05) is 44.2 Å². The summed E-state index contributed by atoms with van der Waals surface area (Å²) in [6.07, 6.45) is 14.5. The molecule has 0 aliphatic heterocycles. The lowest BCUT2D eigenvalue weighted by atomic mass is 10.4. The van der Waals surface area contributed by atoms with Gasteiger partial charge in [0, 0.05) is 4.91 Å². The van der Waals surface area contributed by atoms with Crippen LogP contribution < -0.4 is 16.2 Å². The van der Waals surface area contributed by atoms with Gasteiger partial charge in [0.15, 0.2) is 0 Å². The molecule has 0 amide bonds. The van der Waals surface area contributed by atoms with E-state index in [1.54, 1.807) is 18.2 Å². The molecule has 0 aromatic heterocycles. The highest BCUT2D eigenvalue weighted by Gasteiger charge is 1.97. The number of guanidine groups is 2. The van der Waals surface area contributed by atoms with Crippen LogP contribution in [0.5, 0.6) is 0 Å². The molecule has 0 saturated carbocycles. The van der Waals surface area contributed by atoms with Gasteiger partial charge in [0.05, 0.1) is 5.70 Å². The highest BCUT2D eigenvalue weighted by molar-refractivity contribution is 8.01. The van der Waals surface area contributed by atoms with Crippen LogP contribution in [0.4, 0.5) is 0 Å². The molecule has 0 aliphatic carbocycles. The Balaban J connectivity index is 4.86. The molecule has 0 unspecified atom stereocenters. The fourth-order valence-corrected chi connectivity index (χ4v) is 1.78. The summed E-state index contributed by atoms with van der Waals surface area (Å²) in [6.45, 7) is 11.1. The third-order valence-corrected chi connectivity index (χ3v) is 2.85. The molecule has 0 heterocycles. The van der Waals surface area contributed by atoms with Crippen LogP contribution in [0, 0.1) is 0 Å². The van der Waals surface area contributed by atoms with Gasteiger partial charge in [-0.25, -0.2) is 4.99 Å². The zero-order valence-electron chi connectivity index (χ0n) is 13.0. The zero-order chi connectivity index (χ0) is 16.8. The van der Waals surface area contributed by atoms with Gasteiger partial charge < -0.3 is 11.5 Å². The number of allylic oxidation sites excluding steroid dienone is 8. The minimum atomic E-state index is 0.0311. The molecule has 0 saturated heterocycles. The lowest BCUT2D eigenvalue weighted by Gasteiger charge is -2.04. The molecule has 22 heavy (non-hydrogen) atoms. The summed E-state index contributed by atoms with van der Waals surface area (Å²) in [7, 11) is 0. The fourth-order valence-electron chi connectivity index (χ4n) is 1.17. The van der Waals surface area contributed by atoms with E-state index in [9.17, 15) is 0 Å². The van der Waals surface area contributed by atoms with Crippen LogP contribution in [0.25, 0.3) is 0 Å². The van der Waals surface area contributed by atoms with Crippen LogP contribution in [-0.2, 0) is 0 Å². The van der Waals surface area contributed by atoms with Crippen LogP contribution in [0.2, 0.25) is 0 Å². The van der Waals surface area contributed by atoms with E-state index in [0.717, 1.165) is 4.91 Å². The topological polar surface area (TPSA) is 88.8 Å². The molecule has 0 atom stereocenters. The molecule has 0 aliphatic rings. The lowest BCUT2D eigenvalue weighted by Crippen LogP contribution is -2.29. The van der Waals surface area contributed by atoms with Crippen LogP contribution in [0.1, 0.15) is 13.8 Å². The van der Waals surface area contributed by atoms with Crippen molar-refractivity contribution in [3.8, 4) is 0 Å². The molecule has 0 radical (unpaired) electrons. The standard InChI is InChI=1S/C16H23N5S/c1-5-9-12-14(11-7-3)22-21-16(18)20-15(17)19-13(8-4)10-6-2/h5-12H,2,4H2,1,3H3,(H5,17,18,19,20,21)/b9-5-,11-7-,13-10+,14-12+. The molecule has 0 aromatic rings. The summed E-state index contributed by atoms with van der Waals surface area (Å²) in [5.74, 6) is 0.188. The van der Waals surface area contributed by atoms with Crippen molar-refractivity contribution in [3.63, 3.8) is 0 Å². The molecule has 6 heteroatoms. The second kappa shape index (κ2) is 12.3. The van der Waals surface area contributed by atoms with Crippen LogP contribution in [0.3, 0.4) is 0 Å². The first kappa shape index (κ1) is 19.5. The number of rotatable bonds is 7. The Morgan fingerprint density at radius 3 is 2.36 bits per heavy atom. The van der Waals surface area contributed by atoms with Crippen molar-refractivity contribution in [1.29, 1.82) is 0 Å². The summed E-state index contributed by atoms with van der Waals surface area (Å²) in [6, 6.07) is 0. The molecular formula is C16H23N5S. The molecule has 0 fully saturated rings. The minimum Gasteiger partial charge on any atom is -0.369 e. The Labute approximate surface area is 136 Å². The molecule has 5 nitrogen and oxygen atoms in total. The van der Waals surface area contributed by atoms with Gasteiger partial charge in [-0.05, 0) is 44.0 Å².